The molecular weight excluding hydrogens is 405 g/mol. The van der Waals surface area contributed by atoms with Crippen LogP contribution in [0.25, 0.3) is 0 Å². The van der Waals surface area contributed by atoms with E-state index >= 15 is 0 Å². The minimum atomic E-state index is -0.242. The van der Waals surface area contributed by atoms with Gasteiger partial charge in [-0.15, -0.1) is 0 Å². The zero-order valence-corrected chi connectivity index (χ0v) is 19.2. The molecule has 1 radical (unpaired) electrons. The summed E-state index contributed by atoms with van der Waals surface area (Å²) in [5.41, 5.74) is 1.99. The molecule has 0 aliphatic rings. The molecule has 0 bridgehead atoms. The Bertz CT molecular complexity index is 530. The van der Waals surface area contributed by atoms with Gasteiger partial charge in [0.25, 0.3) is 0 Å². The first kappa shape index (κ1) is 29.3. The maximum atomic E-state index is 10.4. The maximum Gasteiger partial charge on any atom is 0.302 e. The fourth-order valence-electron chi connectivity index (χ4n) is 1.45. The molecule has 2 rings (SSSR count). The standard InChI is InChI=1S/C9H10O2.C8H7O2.2C2H6.Y/c1-8(10)11-7-9-5-3-2-4-6-9;9-7-10-6-8-4-2-1-3-5-8;2*1-2;/h2-6H,7H2,1H3;1-5H,6H2;2*1-2H3;/q;-1;;;. The fourth-order valence-corrected chi connectivity index (χ4v) is 1.45. The van der Waals surface area contributed by atoms with E-state index in [-0.39, 0.29) is 38.7 Å². The summed E-state index contributed by atoms with van der Waals surface area (Å²) < 4.78 is 9.20. The van der Waals surface area contributed by atoms with Gasteiger partial charge in [-0.25, -0.2) is 0 Å². The summed E-state index contributed by atoms with van der Waals surface area (Å²) in [4.78, 5) is 20.0. The smallest absolute Gasteiger partial charge is 0.302 e. The zero-order chi connectivity index (χ0) is 19.3. The molecule has 0 amide bonds. The van der Waals surface area contributed by atoms with Crippen LogP contribution >= 0.6 is 0 Å². The van der Waals surface area contributed by atoms with Crippen LogP contribution in [0.1, 0.15) is 45.7 Å². The Hall–Kier alpha value is -1.52. The summed E-state index contributed by atoms with van der Waals surface area (Å²) in [6.45, 7) is 11.5. The minimum Gasteiger partial charge on any atom is -0.650 e. The normalized spacial score (nSPS) is 7.73. The summed E-state index contributed by atoms with van der Waals surface area (Å²) in [5.74, 6) is -0.242. The Morgan fingerprint density at radius 1 is 0.808 bits per heavy atom. The molecule has 0 aliphatic heterocycles. The van der Waals surface area contributed by atoms with Gasteiger partial charge in [0.2, 0.25) is 0 Å². The molecule has 0 saturated heterocycles. The Labute approximate surface area is 183 Å². The van der Waals surface area contributed by atoms with Crippen LogP contribution in [0.3, 0.4) is 0 Å². The van der Waals surface area contributed by atoms with Crippen molar-refractivity contribution in [1.82, 2.24) is 0 Å². The number of hydrogen-bond acceptors (Lipinski definition) is 4. The summed E-state index contributed by atoms with van der Waals surface area (Å²) in [6.07, 6.45) is 0. The molecule has 2 aromatic rings. The van der Waals surface area contributed by atoms with E-state index in [1.165, 1.54) is 13.4 Å². The van der Waals surface area contributed by atoms with E-state index in [1.54, 1.807) is 0 Å². The van der Waals surface area contributed by atoms with Crippen molar-refractivity contribution in [3.8, 4) is 0 Å². The molecule has 0 aromatic heterocycles. The van der Waals surface area contributed by atoms with Gasteiger partial charge in [0, 0.05) is 39.6 Å². The maximum absolute atomic E-state index is 10.4. The molecule has 0 heterocycles. The molecule has 2 aromatic carbocycles. The largest absolute Gasteiger partial charge is 0.650 e. The van der Waals surface area contributed by atoms with Crippen molar-refractivity contribution in [2.24, 2.45) is 0 Å². The first-order chi connectivity index (χ1) is 12.2. The molecule has 5 heteroatoms. The predicted molar refractivity (Wildman–Crippen MR) is 102 cm³/mol. The monoisotopic (exact) mass is 434 g/mol. The first-order valence-electron chi connectivity index (χ1n) is 8.42. The Morgan fingerprint density at radius 3 is 1.54 bits per heavy atom. The van der Waals surface area contributed by atoms with Crippen LogP contribution in [0.2, 0.25) is 0 Å². The molecule has 0 atom stereocenters. The van der Waals surface area contributed by atoms with Crippen molar-refractivity contribution in [3.05, 3.63) is 71.8 Å². The van der Waals surface area contributed by atoms with Gasteiger partial charge in [-0.1, -0.05) is 94.8 Å². The van der Waals surface area contributed by atoms with Gasteiger partial charge >= 0.3 is 5.97 Å². The van der Waals surface area contributed by atoms with Crippen LogP contribution in [0.4, 0.5) is 0 Å². The van der Waals surface area contributed by atoms with Crippen LogP contribution in [-0.4, -0.2) is 12.4 Å². The van der Waals surface area contributed by atoms with E-state index in [0.29, 0.717) is 13.2 Å². The van der Waals surface area contributed by atoms with Crippen molar-refractivity contribution in [3.63, 3.8) is 0 Å². The van der Waals surface area contributed by atoms with Gasteiger partial charge in [0.15, 0.2) is 0 Å². The van der Waals surface area contributed by atoms with Crippen LogP contribution in [0, 0.1) is 0 Å². The second-order valence-corrected chi connectivity index (χ2v) is 4.12. The van der Waals surface area contributed by atoms with Crippen LogP contribution in [-0.2, 0) is 65.0 Å². The average Bonchev–Trinajstić information content (AvgIpc) is 2.70. The van der Waals surface area contributed by atoms with E-state index < -0.39 is 0 Å². The molecule has 0 N–H and O–H groups in total. The van der Waals surface area contributed by atoms with Gasteiger partial charge in [-0.2, -0.15) is 0 Å². The molecule has 141 valence electrons. The van der Waals surface area contributed by atoms with E-state index in [1.807, 2.05) is 88.4 Å². The van der Waals surface area contributed by atoms with Gasteiger partial charge < -0.3 is 14.3 Å². The number of carbonyl (C=O) groups excluding carboxylic acids is 2. The summed E-state index contributed by atoms with van der Waals surface area (Å²) in [5, 5.41) is 0. The van der Waals surface area contributed by atoms with E-state index in [0.717, 1.165) is 11.1 Å². The minimum absolute atomic E-state index is 0. The molecule has 0 saturated carbocycles. The number of hydrogen-bond donors (Lipinski definition) is 0. The topological polar surface area (TPSA) is 52.6 Å². The van der Waals surface area contributed by atoms with Gasteiger partial charge in [-0.05, 0) is 11.1 Å². The zero-order valence-electron chi connectivity index (χ0n) is 16.4. The Kier molecular flexibility index (Phi) is 26.4. The van der Waals surface area contributed by atoms with E-state index in [4.69, 9.17) is 4.74 Å². The number of benzene rings is 2. The summed E-state index contributed by atoms with van der Waals surface area (Å²) >= 11 is 0. The third-order valence-electron chi connectivity index (χ3n) is 2.43. The van der Waals surface area contributed by atoms with Crippen molar-refractivity contribution >= 4 is 12.4 Å². The van der Waals surface area contributed by atoms with E-state index in [2.05, 4.69) is 4.74 Å². The Balaban J connectivity index is -0.000000332. The van der Waals surface area contributed by atoms with Crippen molar-refractivity contribution < 1.29 is 51.8 Å². The summed E-state index contributed by atoms with van der Waals surface area (Å²) in [7, 11) is 0. The average molecular weight is 434 g/mol. The number of ether oxygens (including phenoxy) is 2. The van der Waals surface area contributed by atoms with Gasteiger partial charge in [0.1, 0.15) is 6.61 Å². The van der Waals surface area contributed by atoms with Crippen LogP contribution in [0.5, 0.6) is 0 Å². The molecule has 26 heavy (non-hydrogen) atoms. The number of carbonyl (C=O) groups is 1. The van der Waals surface area contributed by atoms with Gasteiger partial charge in [-0.3, -0.25) is 4.79 Å². The summed E-state index contributed by atoms with van der Waals surface area (Å²) in [6, 6.07) is 19.1. The van der Waals surface area contributed by atoms with Crippen molar-refractivity contribution in [1.29, 1.82) is 0 Å². The first-order valence-corrected chi connectivity index (χ1v) is 8.42. The Morgan fingerprint density at radius 2 is 1.19 bits per heavy atom. The molecule has 0 aliphatic carbocycles. The van der Waals surface area contributed by atoms with Crippen molar-refractivity contribution in [2.45, 2.75) is 47.8 Å². The second kappa shape index (κ2) is 23.5. The molecule has 0 fully saturated rings. The molecule has 4 nitrogen and oxygen atoms in total. The second-order valence-electron chi connectivity index (χ2n) is 4.12. The SMILES string of the molecule is CC.CC.CC(=O)OCc1ccccc1.O=[C-]OCc1ccccc1.[Y]. The molecule has 0 spiro atoms. The van der Waals surface area contributed by atoms with Gasteiger partial charge in [0.05, 0.1) is 6.61 Å². The third-order valence-corrected chi connectivity index (χ3v) is 2.43. The molecule has 0 unspecified atom stereocenters. The van der Waals surface area contributed by atoms with Crippen molar-refractivity contribution in [2.75, 3.05) is 0 Å². The number of esters is 1. The van der Waals surface area contributed by atoms with Crippen LogP contribution in [0.15, 0.2) is 60.7 Å². The molecular formula is C21H29O4Y-. The van der Waals surface area contributed by atoms with E-state index in [9.17, 15) is 9.59 Å². The van der Waals surface area contributed by atoms with Crippen LogP contribution < -0.4 is 0 Å². The number of rotatable bonds is 5. The third kappa shape index (κ3) is 18.8. The fraction of sp³-hybridized carbons (Fsp3) is 0.333. The quantitative estimate of drug-likeness (QED) is 0.487. The predicted octanol–water partition coefficient (Wildman–Crippen LogP) is 5.07.